The van der Waals surface area contributed by atoms with Gasteiger partial charge in [-0.05, 0) is 36.2 Å². The third-order valence-electron chi connectivity index (χ3n) is 3.37. The number of hydrogen-bond donors (Lipinski definition) is 2. The standard InChI is InChI=1S/C18H17Cl2FN2O3/c19-13-5-6-16(14(20)9-13)26-11-18(25)23-10-17(24)22-8-7-12-3-1-2-4-15(12)21/h1-6,9H,7-8,10-11H2,(H,22,24)(H,23,25). The lowest BCUT2D eigenvalue weighted by atomic mass is 10.1. The van der Waals surface area contributed by atoms with Gasteiger partial charge in [0, 0.05) is 11.6 Å². The number of rotatable bonds is 8. The Kier molecular flexibility index (Phi) is 7.69. The van der Waals surface area contributed by atoms with Gasteiger partial charge in [-0.25, -0.2) is 4.39 Å². The van der Waals surface area contributed by atoms with E-state index < -0.39 is 5.91 Å². The monoisotopic (exact) mass is 398 g/mol. The lowest BCUT2D eigenvalue weighted by Crippen LogP contribution is -2.39. The molecule has 2 N–H and O–H groups in total. The van der Waals surface area contributed by atoms with Crippen LogP contribution in [0.4, 0.5) is 4.39 Å². The van der Waals surface area contributed by atoms with Gasteiger partial charge < -0.3 is 15.4 Å². The highest BCUT2D eigenvalue weighted by atomic mass is 35.5. The first-order valence-corrected chi connectivity index (χ1v) is 8.56. The molecule has 2 rings (SSSR count). The quantitative estimate of drug-likeness (QED) is 0.717. The van der Waals surface area contributed by atoms with Gasteiger partial charge in [-0.3, -0.25) is 9.59 Å². The Hall–Kier alpha value is -2.31. The molecule has 0 aliphatic rings. The SMILES string of the molecule is O=C(CNC(=O)COc1ccc(Cl)cc1Cl)NCCc1ccccc1F. The predicted octanol–water partition coefficient (Wildman–Crippen LogP) is 2.99. The van der Waals surface area contributed by atoms with Gasteiger partial charge in [0.2, 0.25) is 5.91 Å². The second-order valence-electron chi connectivity index (χ2n) is 5.33. The van der Waals surface area contributed by atoms with E-state index in [1.165, 1.54) is 12.1 Å². The molecular formula is C18H17Cl2FN2O3. The van der Waals surface area contributed by atoms with E-state index in [1.807, 2.05) is 0 Å². The van der Waals surface area contributed by atoms with Gasteiger partial charge in [0.15, 0.2) is 6.61 Å². The van der Waals surface area contributed by atoms with Crippen molar-refractivity contribution in [1.82, 2.24) is 10.6 Å². The summed E-state index contributed by atoms with van der Waals surface area (Å²) < 4.78 is 18.7. The molecule has 26 heavy (non-hydrogen) atoms. The second-order valence-corrected chi connectivity index (χ2v) is 6.18. The van der Waals surface area contributed by atoms with E-state index in [4.69, 9.17) is 27.9 Å². The summed E-state index contributed by atoms with van der Waals surface area (Å²) in [7, 11) is 0. The Balaban J connectivity index is 1.65. The summed E-state index contributed by atoms with van der Waals surface area (Å²) in [6, 6.07) is 11.0. The predicted molar refractivity (Wildman–Crippen MR) is 98.1 cm³/mol. The van der Waals surface area contributed by atoms with Crippen molar-refractivity contribution in [3.8, 4) is 5.75 Å². The van der Waals surface area contributed by atoms with Crippen molar-refractivity contribution >= 4 is 35.0 Å². The molecule has 0 unspecified atom stereocenters. The molecule has 2 amide bonds. The fraction of sp³-hybridized carbons (Fsp3) is 0.222. The van der Waals surface area contributed by atoms with Crippen LogP contribution in [0.5, 0.6) is 5.75 Å². The zero-order chi connectivity index (χ0) is 18.9. The van der Waals surface area contributed by atoms with Crippen LogP contribution in [0.25, 0.3) is 0 Å². The molecule has 2 aromatic carbocycles. The molecule has 2 aromatic rings. The third-order valence-corrected chi connectivity index (χ3v) is 3.90. The van der Waals surface area contributed by atoms with Gasteiger partial charge in [-0.2, -0.15) is 0 Å². The van der Waals surface area contributed by atoms with Crippen molar-refractivity contribution in [2.24, 2.45) is 0 Å². The van der Waals surface area contributed by atoms with Crippen molar-refractivity contribution in [2.75, 3.05) is 19.7 Å². The topological polar surface area (TPSA) is 67.4 Å². The molecule has 0 spiro atoms. The van der Waals surface area contributed by atoms with Crippen LogP contribution < -0.4 is 15.4 Å². The van der Waals surface area contributed by atoms with Crippen LogP contribution in [0.15, 0.2) is 42.5 Å². The smallest absolute Gasteiger partial charge is 0.258 e. The number of nitrogens with one attached hydrogen (secondary N) is 2. The maximum absolute atomic E-state index is 13.4. The van der Waals surface area contributed by atoms with Crippen LogP contribution in [0.1, 0.15) is 5.56 Å². The number of halogens is 3. The third kappa shape index (κ3) is 6.54. The van der Waals surface area contributed by atoms with Crippen LogP contribution >= 0.6 is 23.2 Å². The molecule has 0 aromatic heterocycles. The van der Waals surface area contributed by atoms with E-state index in [-0.39, 0.29) is 36.4 Å². The molecule has 0 atom stereocenters. The van der Waals surface area contributed by atoms with E-state index in [0.29, 0.717) is 22.8 Å². The van der Waals surface area contributed by atoms with Crippen molar-refractivity contribution in [3.63, 3.8) is 0 Å². The number of hydrogen-bond acceptors (Lipinski definition) is 3. The van der Waals surface area contributed by atoms with Crippen LogP contribution in [0, 0.1) is 5.82 Å². The molecule has 0 saturated heterocycles. The maximum Gasteiger partial charge on any atom is 0.258 e. The summed E-state index contributed by atoms with van der Waals surface area (Å²) in [6.07, 6.45) is 0.366. The Labute approximate surface area is 160 Å². The minimum atomic E-state index is -0.472. The highest BCUT2D eigenvalue weighted by Crippen LogP contribution is 2.27. The van der Waals surface area contributed by atoms with Crippen molar-refractivity contribution < 1.29 is 18.7 Å². The molecule has 0 saturated carbocycles. The zero-order valence-corrected chi connectivity index (χ0v) is 15.2. The summed E-state index contributed by atoms with van der Waals surface area (Å²) in [5, 5.41) is 5.78. The number of benzene rings is 2. The van der Waals surface area contributed by atoms with Gasteiger partial charge in [0.1, 0.15) is 11.6 Å². The largest absolute Gasteiger partial charge is 0.482 e. The number of amides is 2. The number of ether oxygens (including phenoxy) is 1. The Bertz CT molecular complexity index is 787. The molecule has 0 aliphatic heterocycles. The highest BCUT2D eigenvalue weighted by molar-refractivity contribution is 6.35. The van der Waals surface area contributed by atoms with Crippen LogP contribution in [-0.4, -0.2) is 31.5 Å². The summed E-state index contributed by atoms with van der Waals surface area (Å²) in [4.78, 5) is 23.4. The molecular weight excluding hydrogens is 382 g/mol. The van der Waals surface area contributed by atoms with E-state index in [9.17, 15) is 14.0 Å². The fourth-order valence-corrected chi connectivity index (χ4v) is 2.53. The Morgan fingerprint density at radius 3 is 2.54 bits per heavy atom. The van der Waals surface area contributed by atoms with Crippen LogP contribution in [0.3, 0.4) is 0 Å². The molecule has 0 aliphatic carbocycles. The minimum absolute atomic E-state index is 0.201. The van der Waals surface area contributed by atoms with Crippen molar-refractivity contribution in [1.29, 1.82) is 0 Å². The average Bonchev–Trinajstić information content (AvgIpc) is 2.61. The first-order valence-electron chi connectivity index (χ1n) is 7.80. The van der Waals surface area contributed by atoms with Gasteiger partial charge in [-0.15, -0.1) is 0 Å². The molecule has 0 fully saturated rings. The van der Waals surface area contributed by atoms with E-state index in [1.54, 1.807) is 30.3 Å². The lowest BCUT2D eigenvalue weighted by Gasteiger charge is -2.09. The minimum Gasteiger partial charge on any atom is -0.482 e. The summed E-state index contributed by atoms with van der Waals surface area (Å²) in [5.74, 6) is -0.840. The van der Waals surface area contributed by atoms with Gasteiger partial charge in [-0.1, -0.05) is 41.4 Å². The highest BCUT2D eigenvalue weighted by Gasteiger charge is 2.09. The van der Waals surface area contributed by atoms with Crippen molar-refractivity contribution in [2.45, 2.75) is 6.42 Å². The molecule has 5 nitrogen and oxygen atoms in total. The normalized spacial score (nSPS) is 10.3. The fourth-order valence-electron chi connectivity index (χ4n) is 2.07. The van der Waals surface area contributed by atoms with Crippen LogP contribution in [-0.2, 0) is 16.0 Å². The first-order chi connectivity index (χ1) is 12.5. The van der Waals surface area contributed by atoms with E-state index in [2.05, 4.69) is 10.6 Å². The van der Waals surface area contributed by atoms with Crippen LogP contribution in [0.2, 0.25) is 10.0 Å². The Morgan fingerprint density at radius 2 is 1.81 bits per heavy atom. The van der Waals surface area contributed by atoms with Gasteiger partial charge >= 0.3 is 0 Å². The maximum atomic E-state index is 13.4. The molecule has 0 heterocycles. The molecule has 0 bridgehead atoms. The van der Waals surface area contributed by atoms with E-state index >= 15 is 0 Å². The summed E-state index contributed by atoms with van der Waals surface area (Å²) >= 11 is 11.7. The molecule has 8 heteroatoms. The lowest BCUT2D eigenvalue weighted by molar-refractivity contribution is -0.127. The van der Waals surface area contributed by atoms with E-state index in [0.717, 1.165) is 0 Å². The van der Waals surface area contributed by atoms with Gasteiger partial charge in [0.05, 0.1) is 11.6 Å². The summed E-state index contributed by atoms with van der Waals surface area (Å²) in [6.45, 7) is -0.218. The number of carbonyl (C=O) groups excluding carboxylic acids is 2. The number of carbonyl (C=O) groups is 2. The summed E-state index contributed by atoms with van der Waals surface area (Å²) in [5.41, 5.74) is 0.519. The average molecular weight is 399 g/mol. The molecule has 0 radical (unpaired) electrons. The zero-order valence-electron chi connectivity index (χ0n) is 13.7. The Morgan fingerprint density at radius 1 is 1.04 bits per heavy atom. The first kappa shape index (κ1) is 20.0. The molecule has 138 valence electrons. The van der Waals surface area contributed by atoms with Gasteiger partial charge in [0.25, 0.3) is 5.91 Å². The second kappa shape index (κ2) is 9.99. The van der Waals surface area contributed by atoms with Crippen molar-refractivity contribution in [3.05, 3.63) is 63.9 Å².